The zero-order valence-electron chi connectivity index (χ0n) is 17.7. The highest BCUT2D eigenvalue weighted by Gasteiger charge is 2.09. The maximum absolute atomic E-state index is 15.1. The fourth-order valence-corrected chi connectivity index (χ4v) is 3.75. The average Bonchev–Trinajstić information content (AvgIpc) is 2.82. The first kappa shape index (κ1) is 22.0. The molecular weight excluding hydrogens is 423 g/mol. The van der Waals surface area contributed by atoms with Gasteiger partial charge in [0, 0.05) is 16.8 Å². The van der Waals surface area contributed by atoms with Crippen LogP contribution in [0.15, 0.2) is 79.6 Å². The number of rotatable bonds is 9. The highest BCUT2D eigenvalue weighted by Crippen LogP contribution is 2.24. The zero-order valence-corrected chi connectivity index (χ0v) is 18.5. The molecular formula is C27H24ClFN2O. The van der Waals surface area contributed by atoms with Gasteiger partial charge in [-0.1, -0.05) is 66.7 Å². The summed E-state index contributed by atoms with van der Waals surface area (Å²) in [7, 11) is 0. The normalized spacial score (nSPS) is 10.9. The van der Waals surface area contributed by atoms with Crippen molar-refractivity contribution in [3.05, 3.63) is 113 Å². The Hall–Kier alpha value is -3.24. The van der Waals surface area contributed by atoms with E-state index in [-0.39, 0.29) is 5.82 Å². The molecule has 0 fully saturated rings. The molecule has 3 nitrogen and oxygen atoms in total. The second-order valence-electron chi connectivity index (χ2n) is 7.66. The predicted molar refractivity (Wildman–Crippen MR) is 128 cm³/mol. The molecule has 3 aromatic carbocycles. The van der Waals surface area contributed by atoms with E-state index in [9.17, 15) is 0 Å². The van der Waals surface area contributed by atoms with Crippen LogP contribution in [-0.2, 0) is 25.7 Å². The van der Waals surface area contributed by atoms with E-state index in [1.165, 1.54) is 0 Å². The summed E-state index contributed by atoms with van der Waals surface area (Å²) >= 11 is 5.94. The van der Waals surface area contributed by atoms with Gasteiger partial charge in [0.05, 0.1) is 12.4 Å². The van der Waals surface area contributed by atoms with Crippen LogP contribution >= 0.6 is 11.6 Å². The van der Waals surface area contributed by atoms with Gasteiger partial charge >= 0.3 is 0 Å². The molecule has 0 unspecified atom stereocenters. The third-order valence-corrected chi connectivity index (χ3v) is 5.63. The molecule has 32 heavy (non-hydrogen) atoms. The van der Waals surface area contributed by atoms with Gasteiger partial charge in [0.1, 0.15) is 18.2 Å². The summed E-state index contributed by atoms with van der Waals surface area (Å²) in [6.07, 6.45) is 7.93. The SMILES string of the molecule is C=CCOc1cnc(CCc2ccc3c(F)c(CCc4ccc(Cl)cc4)ccc3c2)nc1. The van der Waals surface area contributed by atoms with Crippen LogP contribution in [-0.4, -0.2) is 16.6 Å². The van der Waals surface area contributed by atoms with Gasteiger partial charge in [0.15, 0.2) is 5.75 Å². The average molecular weight is 447 g/mol. The standard InChI is InChI=1S/C27H24ClFN2O/c1-2-15-32-24-17-30-26(31-18-24)14-7-20-6-13-25-22(16-20)10-9-21(27(25)29)8-3-19-4-11-23(28)12-5-19/h2,4-6,9-13,16-18H,1,3,7-8,14-15H2. The van der Waals surface area contributed by atoms with Crippen molar-refractivity contribution in [2.75, 3.05) is 6.61 Å². The number of nitrogens with zero attached hydrogens (tertiary/aromatic N) is 2. The number of hydrogen-bond acceptors (Lipinski definition) is 3. The molecule has 0 saturated carbocycles. The van der Waals surface area contributed by atoms with Crippen molar-refractivity contribution in [1.29, 1.82) is 0 Å². The Morgan fingerprint density at radius 2 is 1.59 bits per heavy atom. The van der Waals surface area contributed by atoms with Crippen LogP contribution in [0.4, 0.5) is 4.39 Å². The van der Waals surface area contributed by atoms with E-state index in [0.717, 1.165) is 40.7 Å². The molecule has 0 spiro atoms. The monoisotopic (exact) mass is 446 g/mol. The molecule has 1 aromatic heterocycles. The first-order valence-electron chi connectivity index (χ1n) is 10.6. The second-order valence-corrected chi connectivity index (χ2v) is 8.09. The van der Waals surface area contributed by atoms with Crippen molar-refractivity contribution in [3.63, 3.8) is 0 Å². The smallest absolute Gasteiger partial charge is 0.156 e. The lowest BCUT2D eigenvalue weighted by Gasteiger charge is -2.09. The third-order valence-electron chi connectivity index (χ3n) is 5.38. The van der Waals surface area contributed by atoms with E-state index >= 15 is 4.39 Å². The van der Waals surface area contributed by atoms with Crippen LogP contribution in [0.2, 0.25) is 5.02 Å². The van der Waals surface area contributed by atoms with Gasteiger partial charge in [-0.3, -0.25) is 0 Å². The minimum Gasteiger partial charge on any atom is -0.486 e. The van der Waals surface area contributed by atoms with Crippen LogP contribution in [0, 0.1) is 5.82 Å². The summed E-state index contributed by atoms with van der Waals surface area (Å²) in [6, 6.07) is 17.5. The maximum atomic E-state index is 15.1. The molecule has 0 bridgehead atoms. The van der Waals surface area contributed by atoms with Crippen molar-refractivity contribution in [2.24, 2.45) is 0 Å². The molecule has 1 heterocycles. The van der Waals surface area contributed by atoms with E-state index in [4.69, 9.17) is 16.3 Å². The number of benzene rings is 3. The molecule has 0 amide bonds. The van der Waals surface area contributed by atoms with Crippen LogP contribution in [0.25, 0.3) is 10.8 Å². The lowest BCUT2D eigenvalue weighted by molar-refractivity contribution is 0.359. The maximum Gasteiger partial charge on any atom is 0.156 e. The van der Waals surface area contributed by atoms with Crippen LogP contribution < -0.4 is 4.74 Å². The number of ether oxygens (including phenoxy) is 1. The molecule has 4 rings (SSSR count). The lowest BCUT2D eigenvalue weighted by atomic mass is 9.98. The molecule has 0 aliphatic rings. The Morgan fingerprint density at radius 1 is 0.875 bits per heavy atom. The van der Waals surface area contributed by atoms with E-state index in [1.807, 2.05) is 54.6 Å². The highest BCUT2D eigenvalue weighted by atomic mass is 35.5. The topological polar surface area (TPSA) is 35.0 Å². The predicted octanol–water partition coefficient (Wildman–Crippen LogP) is 6.56. The van der Waals surface area contributed by atoms with Gasteiger partial charge in [-0.05, 0) is 53.5 Å². The molecule has 4 aromatic rings. The number of aryl methyl sites for hydroxylation is 4. The fourth-order valence-electron chi connectivity index (χ4n) is 3.62. The van der Waals surface area contributed by atoms with E-state index in [1.54, 1.807) is 18.5 Å². The molecule has 0 N–H and O–H groups in total. The highest BCUT2D eigenvalue weighted by molar-refractivity contribution is 6.30. The Morgan fingerprint density at radius 3 is 2.34 bits per heavy atom. The molecule has 5 heteroatoms. The quantitative estimate of drug-likeness (QED) is 0.273. The second kappa shape index (κ2) is 10.4. The first-order chi connectivity index (χ1) is 15.6. The largest absolute Gasteiger partial charge is 0.486 e. The Labute approximate surface area is 192 Å². The number of hydrogen-bond donors (Lipinski definition) is 0. The molecule has 162 valence electrons. The van der Waals surface area contributed by atoms with Crippen molar-refractivity contribution in [3.8, 4) is 5.75 Å². The van der Waals surface area contributed by atoms with Gasteiger partial charge in [-0.25, -0.2) is 14.4 Å². The van der Waals surface area contributed by atoms with Gasteiger partial charge in [0.2, 0.25) is 0 Å². The summed E-state index contributed by atoms with van der Waals surface area (Å²) in [5, 5.41) is 2.27. The molecule has 0 aliphatic heterocycles. The Kier molecular flexibility index (Phi) is 7.13. The summed E-state index contributed by atoms with van der Waals surface area (Å²) in [6.45, 7) is 4.05. The van der Waals surface area contributed by atoms with Gasteiger partial charge in [-0.2, -0.15) is 0 Å². The van der Waals surface area contributed by atoms with Crippen molar-refractivity contribution < 1.29 is 9.13 Å². The van der Waals surface area contributed by atoms with Crippen molar-refractivity contribution >= 4 is 22.4 Å². The van der Waals surface area contributed by atoms with Gasteiger partial charge < -0.3 is 4.74 Å². The van der Waals surface area contributed by atoms with E-state index in [0.29, 0.717) is 35.6 Å². The number of halogens is 2. The number of aromatic nitrogens is 2. The van der Waals surface area contributed by atoms with Gasteiger partial charge in [-0.15, -0.1) is 0 Å². The first-order valence-corrected chi connectivity index (χ1v) is 11.0. The minimum absolute atomic E-state index is 0.138. The Bertz CT molecular complexity index is 1210. The third kappa shape index (κ3) is 5.51. The molecule has 0 radical (unpaired) electrons. The zero-order chi connectivity index (χ0) is 22.3. The molecule has 0 saturated heterocycles. The van der Waals surface area contributed by atoms with Crippen LogP contribution in [0.5, 0.6) is 5.75 Å². The Balaban J connectivity index is 1.41. The summed E-state index contributed by atoms with van der Waals surface area (Å²) in [4.78, 5) is 8.69. The summed E-state index contributed by atoms with van der Waals surface area (Å²) in [5.41, 5.74) is 3.00. The number of fused-ring (bicyclic) bond motifs is 1. The minimum atomic E-state index is -0.138. The van der Waals surface area contributed by atoms with Crippen LogP contribution in [0.1, 0.15) is 22.5 Å². The molecule has 0 atom stereocenters. The van der Waals surface area contributed by atoms with E-state index in [2.05, 4.69) is 16.5 Å². The van der Waals surface area contributed by atoms with Crippen molar-refractivity contribution in [1.82, 2.24) is 9.97 Å². The van der Waals surface area contributed by atoms with Crippen molar-refractivity contribution in [2.45, 2.75) is 25.7 Å². The van der Waals surface area contributed by atoms with Crippen LogP contribution in [0.3, 0.4) is 0 Å². The lowest BCUT2D eigenvalue weighted by Crippen LogP contribution is -2.00. The summed E-state index contributed by atoms with van der Waals surface area (Å²) < 4.78 is 20.5. The fraction of sp³-hybridized carbons (Fsp3) is 0.185. The van der Waals surface area contributed by atoms with Gasteiger partial charge in [0.25, 0.3) is 0 Å². The van der Waals surface area contributed by atoms with E-state index < -0.39 is 0 Å². The molecule has 0 aliphatic carbocycles. The summed E-state index contributed by atoms with van der Waals surface area (Å²) in [5.74, 6) is 1.24.